The number of likely N-dealkylation sites (tertiary alicyclic amines) is 1. The first-order valence-electron chi connectivity index (χ1n) is 6.84. The molecule has 0 spiro atoms. The number of nitrogens with zero attached hydrogens (tertiary/aromatic N) is 2. The molecule has 2 heterocycles. The summed E-state index contributed by atoms with van der Waals surface area (Å²) in [5, 5.41) is 12.3. The summed E-state index contributed by atoms with van der Waals surface area (Å²) in [6.45, 7) is 4.46. The number of anilines is 1. The Bertz CT molecular complexity index is 428. The van der Waals surface area contributed by atoms with Crippen molar-refractivity contribution in [2.45, 2.75) is 19.8 Å². The lowest BCUT2D eigenvalue weighted by atomic mass is 9.98. The van der Waals surface area contributed by atoms with Gasteiger partial charge >= 0.3 is 0 Å². The largest absolute Gasteiger partial charge is 0.396 e. The molecule has 5 heteroatoms. The molecule has 1 amide bonds. The number of rotatable bonds is 4. The van der Waals surface area contributed by atoms with Crippen molar-refractivity contribution < 1.29 is 9.90 Å². The fourth-order valence-electron chi connectivity index (χ4n) is 2.34. The van der Waals surface area contributed by atoms with Gasteiger partial charge in [-0.05, 0) is 37.8 Å². The molecule has 1 fully saturated rings. The summed E-state index contributed by atoms with van der Waals surface area (Å²) in [5.41, 5.74) is 1.41. The molecule has 0 bridgehead atoms. The van der Waals surface area contributed by atoms with Crippen LogP contribution in [0.2, 0.25) is 0 Å². The van der Waals surface area contributed by atoms with Crippen LogP contribution in [0.3, 0.4) is 0 Å². The Morgan fingerprint density at radius 1 is 1.53 bits per heavy atom. The van der Waals surface area contributed by atoms with Gasteiger partial charge in [0.2, 0.25) is 0 Å². The average Bonchev–Trinajstić information content (AvgIpc) is 2.47. The maximum atomic E-state index is 12.3. The minimum absolute atomic E-state index is 0.0175. The Balaban J connectivity index is 2.01. The summed E-state index contributed by atoms with van der Waals surface area (Å²) in [5.74, 6) is 0.321. The first kappa shape index (κ1) is 13.8. The zero-order chi connectivity index (χ0) is 13.7. The standard InChI is InChI=1S/C14H21N3O2/c1-2-15-12-3-6-16-13(9-12)14(19)17-7-4-11(10-18)5-8-17/h3,6,9,11,18H,2,4-5,7-8,10H2,1H3,(H,15,16). The molecule has 2 N–H and O–H groups in total. The number of hydrogen-bond donors (Lipinski definition) is 2. The second-order valence-electron chi connectivity index (χ2n) is 4.88. The molecule has 1 saturated heterocycles. The van der Waals surface area contributed by atoms with E-state index in [9.17, 15) is 4.79 Å². The summed E-state index contributed by atoms with van der Waals surface area (Å²) >= 11 is 0. The number of aliphatic hydroxyl groups is 1. The normalized spacial score (nSPS) is 16.4. The maximum Gasteiger partial charge on any atom is 0.272 e. The lowest BCUT2D eigenvalue weighted by Gasteiger charge is -2.30. The van der Waals surface area contributed by atoms with E-state index in [0.717, 1.165) is 25.1 Å². The third-order valence-electron chi connectivity index (χ3n) is 3.52. The van der Waals surface area contributed by atoms with Gasteiger partial charge in [-0.2, -0.15) is 0 Å². The molecule has 0 aliphatic carbocycles. The highest BCUT2D eigenvalue weighted by Gasteiger charge is 2.23. The first-order chi connectivity index (χ1) is 9.24. The van der Waals surface area contributed by atoms with Gasteiger partial charge in [-0.1, -0.05) is 0 Å². The third-order valence-corrected chi connectivity index (χ3v) is 3.52. The van der Waals surface area contributed by atoms with Crippen LogP contribution < -0.4 is 5.32 Å². The summed E-state index contributed by atoms with van der Waals surface area (Å²) in [6, 6.07) is 3.66. The SMILES string of the molecule is CCNc1ccnc(C(=O)N2CCC(CO)CC2)c1. The van der Waals surface area contributed by atoms with Crippen molar-refractivity contribution in [3.63, 3.8) is 0 Å². The molecule has 0 aromatic carbocycles. The molecule has 0 atom stereocenters. The molecular weight excluding hydrogens is 242 g/mol. The molecule has 0 radical (unpaired) electrons. The number of nitrogens with one attached hydrogen (secondary N) is 1. The summed E-state index contributed by atoms with van der Waals surface area (Å²) in [6.07, 6.45) is 3.40. The molecule has 19 heavy (non-hydrogen) atoms. The summed E-state index contributed by atoms with van der Waals surface area (Å²) in [4.78, 5) is 18.3. The van der Waals surface area contributed by atoms with E-state index in [4.69, 9.17) is 5.11 Å². The van der Waals surface area contributed by atoms with Crippen LogP contribution in [0, 0.1) is 5.92 Å². The van der Waals surface area contributed by atoms with E-state index in [0.29, 0.717) is 24.7 Å². The van der Waals surface area contributed by atoms with Gasteiger partial charge in [0.25, 0.3) is 5.91 Å². The van der Waals surface area contributed by atoms with Crippen LogP contribution in [0.25, 0.3) is 0 Å². The molecule has 1 aromatic rings. The number of hydrogen-bond acceptors (Lipinski definition) is 4. The molecule has 2 rings (SSSR count). The monoisotopic (exact) mass is 263 g/mol. The maximum absolute atomic E-state index is 12.3. The van der Waals surface area contributed by atoms with Crippen molar-refractivity contribution in [3.8, 4) is 0 Å². The number of piperidine rings is 1. The van der Waals surface area contributed by atoms with E-state index in [-0.39, 0.29) is 12.5 Å². The van der Waals surface area contributed by atoms with Gasteiger partial charge in [0, 0.05) is 38.1 Å². The topological polar surface area (TPSA) is 65.5 Å². The van der Waals surface area contributed by atoms with E-state index in [1.807, 2.05) is 17.9 Å². The molecule has 0 unspecified atom stereocenters. The molecule has 1 aromatic heterocycles. The molecule has 1 aliphatic heterocycles. The molecule has 104 valence electrons. The first-order valence-corrected chi connectivity index (χ1v) is 6.84. The minimum Gasteiger partial charge on any atom is -0.396 e. The van der Waals surface area contributed by atoms with Gasteiger partial charge in [-0.15, -0.1) is 0 Å². The number of amides is 1. The average molecular weight is 263 g/mol. The predicted molar refractivity (Wildman–Crippen MR) is 74.1 cm³/mol. The van der Waals surface area contributed by atoms with Gasteiger partial charge in [-0.25, -0.2) is 0 Å². The highest BCUT2D eigenvalue weighted by molar-refractivity contribution is 5.93. The van der Waals surface area contributed by atoms with E-state index in [2.05, 4.69) is 10.3 Å². The van der Waals surface area contributed by atoms with Crippen molar-refractivity contribution >= 4 is 11.6 Å². The van der Waals surface area contributed by atoms with Crippen LogP contribution in [0.15, 0.2) is 18.3 Å². The van der Waals surface area contributed by atoms with Crippen LogP contribution in [0.1, 0.15) is 30.3 Å². The number of pyridine rings is 1. The second-order valence-corrected chi connectivity index (χ2v) is 4.88. The summed E-state index contributed by atoms with van der Waals surface area (Å²) < 4.78 is 0. The van der Waals surface area contributed by atoms with Crippen molar-refractivity contribution in [1.29, 1.82) is 0 Å². The Hall–Kier alpha value is -1.62. The number of carbonyl (C=O) groups excluding carboxylic acids is 1. The Kier molecular flexibility index (Phi) is 4.74. The van der Waals surface area contributed by atoms with Crippen molar-refractivity contribution in [2.24, 2.45) is 5.92 Å². The lowest BCUT2D eigenvalue weighted by Crippen LogP contribution is -2.39. The molecular formula is C14H21N3O2. The zero-order valence-electron chi connectivity index (χ0n) is 11.3. The number of aromatic nitrogens is 1. The Morgan fingerprint density at radius 2 is 2.26 bits per heavy atom. The number of aliphatic hydroxyl groups excluding tert-OH is 1. The highest BCUT2D eigenvalue weighted by Crippen LogP contribution is 2.18. The molecule has 0 saturated carbocycles. The van der Waals surface area contributed by atoms with E-state index >= 15 is 0 Å². The van der Waals surface area contributed by atoms with Crippen LogP contribution in [0.4, 0.5) is 5.69 Å². The van der Waals surface area contributed by atoms with Gasteiger partial charge < -0.3 is 15.3 Å². The quantitative estimate of drug-likeness (QED) is 0.861. The van der Waals surface area contributed by atoms with Gasteiger partial charge in [0.15, 0.2) is 0 Å². The highest BCUT2D eigenvalue weighted by atomic mass is 16.3. The Labute approximate surface area is 113 Å². The van der Waals surface area contributed by atoms with Crippen molar-refractivity contribution in [1.82, 2.24) is 9.88 Å². The fourth-order valence-corrected chi connectivity index (χ4v) is 2.34. The second kappa shape index (κ2) is 6.52. The van der Waals surface area contributed by atoms with Crippen molar-refractivity contribution in [2.75, 3.05) is 31.6 Å². The van der Waals surface area contributed by atoms with Crippen molar-refractivity contribution in [3.05, 3.63) is 24.0 Å². The van der Waals surface area contributed by atoms with E-state index in [1.165, 1.54) is 0 Å². The van der Waals surface area contributed by atoms with Crippen LogP contribution in [-0.2, 0) is 0 Å². The fraction of sp³-hybridized carbons (Fsp3) is 0.571. The van der Waals surface area contributed by atoms with Gasteiger partial charge in [-0.3, -0.25) is 9.78 Å². The van der Waals surface area contributed by atoms with Crippen LogP contribution >= 0.6 is 0 Å². The predicted octanol–water partition coefficient (Wildman–Crippen LogP) is 1.36. The van der Waals surface area contributed by atoms with Crippen LogP contribution in [-0.4, -0.2) is 47.1 Å². The Morgan fingerprint density at radius 3 is 2.89 bits per heavy atom. The smallest absolute Gasteiger partial charge is 0.272 e. The van der Waals surface area contributed by atoms with E-state index < -0.39 is 0 Å². The molecule has 5 nitrogen and oxygen atoms in total. The number of carbonyl (C=O) groups is 1. The zero-order valence-corrected chi connectivity index (χ0v) is 11.3. The van der Waals surface area contributed by atoms with Gasteiger partial charge in [0.1, 0.15) is 5.69 Å². The minimum atomic E-state index is -0.0175. The third kappa shape index (κ3) is 3.44. The lowest BCUT2D eigenvalue weighted by molar-refractivity contribution is 0.0645. The summed E-state index contributed by atoms with van der Waals surface area (Å²) in [7, 11) is 0. The molecule has 1 aliphatic rings. The van der Waals surface area contributed by atoms with E-state index in [1.54, 1.807) is 12.3 Å². The van der Waals surface area contributed by atoms with Gasteiger partial charge in [0.05, 0.1) is 0 Å². The van der Waals surface area contributed by atoms with Crippen LogP contribution in [0.5, 0.6) is 0 Å².